The van der Waals surface area contributed by atoms with Gasteiger partial charge in [-0.15, -0.1) is 0 Å². The Morgan fingerprint density at radius 2 is 1.89 bits per heavy atom. The van der Waals surface area contributed by atoms with Gasteiger partial charge in [-0.1, -0.05) is 30.3 Å². The zero-order chi connectivity index (χ0) is 13.1. The molecule has 98 valence electrons. The molecule has 2 aliphatic rings. The first-order valence-corrected chi connectivity index (χ1v) is 6.48. The molecule has 0 radical (unpaired) electrons. The van der Waals surface area contributed by atoms with Gasteiger partial charge >= 0.3 is 5.97 Å². The summed E-state index contributed by atoms with van der Waals surface area (Å²) >= 11 is 0. The highest BCUT2D eigenvalue weighted by atomic mass is 16.6. The third-order valence-corrected chi connectivity index (χ3v) is 3.31. The first-order valence-electron chi connectivity index (χ1n) is 6.48. The van der Waals surface area contributed by atoms with Crippen LogP contribution in [0, 0.1) is 5.92 Å². The fraction of sp³-hybridized carbons (Fsp3) is 0.333. The third kappa shape index (κ3) is 2.74. The molecule has 2 aliphatic heterocycles. The molecule has 4 heteroatoms. The Bertz CT molecular complexity index is 528. The SMILES string of the molecule is O=C1OC(C2CCOCC2)=N/C1=C/c1ccccc1. The van der Waals surface area contributed by atoms with Gasteiger partial charge in [0, 0.05) is 19.1 Å². The number of carbonyl (C=O) groups excluding carboxylic acids is 1. The van der Waals surface area contributed by atoms with Gasteiger partial charge in [-0.05, 0) is 24.5 Å². The Kier molecular flexibility index (Phi) is 3.42. The van der Waals surface area contributed by atoms with E-state index in [9.17, 15) is 4.79 Å². The number of hydrogen-bond acceptors (Lipinski definition) is 4. The topological polar surface area (TPSA) is 47.9 Å². The Balaban J connectivity index is 1.81. The van der Waals surface area contributed by atoms with Gasteiger partial charge in [-0.25, -0.2) is 9.79 Å². The van der Waals surface area contributed by atoms with Crippen molar-refractivity contribution in [3.8, 4) is 0 Å². The highest BCUT2D eigenvalue weighted by molar-refractivity contribution is 6.07. The molecule has 0 saturated carbocycles. The Hall–Kier alpha value is -1.94. The molecule has 19 heavy (non-hydrogen) atoms. The Morgan fingerprint density at radius 1 is 1.16 bits per heavy atom. The van der Waals surface area contributed by atoms with Crippen molar-refractivity contribution in [1.29, 1.82) is 0 Å². The molecule has 0 atom stereocenters. The third-order valence-electron chi connectivity index (χ3n) is 3.31. The average Bonchev–Trinajstić information content (AvgIpc) is 2.82. The minimum absolute atomic E-state index is 0.208. The average molecular weight is 257 g/mol. The molecule has 1 fully saturated rings. The van der Waals surface area contributed by atoms with E-state index in [4.69, 9.17) is 9.47 Å². The predicted molar refractivity (Wildman–Crippen MR) is 71.5 cm³/mol. The van der Waals surface area contributed by atoms with E-state index < -0.39 is 0 Å². The highest BCUT2D eigenvalue weighted by Gasteiger charge is 2.30. The number of esters is 1. The molecule has 0 bridgehead atoms. The second-order valence-corrected chi connectivity index (χ2v) is 4.67. The predicted octanol–water partition coefficient (Wildman–Crippen LogP) is 2.41. The summed E-state index contributed by atoms with van der Waals surface area (Å²) in [5, 5.41) is 0. The van der Waals surface area contributed by atoms with E-state index >= 15 is 0 Å². The van der Waals surface area contributed by atoms with Gasteiger partial charge in [-0.2, -0.15) is 0 Å². The largest absolute Gasteiger partial charge is 0.406 e. The molecule has 0 amide bonds. The van der Waals surface area contributed by atoms with Crippen molar-refractivity contribution in [1.82, 2.24) is 0 Å². The lowest BCUT2D eigenvalue weighted by atomic mass is 10.0. The van der Waals surface area contributed by atoms with Crippen LogP contribution < -0.4 is 0 Å². The molecule has 0 aliphatic carbocycles. The molecule has 0 spiro atoms. The first-order chi connectivity index (χ1) is 9.33. The molecule has 3 rings (SSSR count). The molecule has 1 saturated heterocycles. The van der Waals surface area contributed by atoms with Gasteiger partial charge in [0.2, 0.25) is 5.90 Å². The van der Waals surface area contributed by atoms with Gasteiger partial charge in [0.1, 0.15) is 0 Å². The monoisotopic (exact) mass is 257 g/mol. The van der Waals surface area contributed by atoms with Crippen LogP contribution in [0.25, 0.3) is 6.08 Å². The summed E-state index contributed by atoms with van der Waals surface area (Å²) in [7, 11) is 0. The zero-order valence-corrected chi connectivity index (χ0v) is 10.5. The fourth-order valence-corrected chi connectivity index (χ4v) is 2.25. The van der Waals surface area contributed by atoms with Crippen molar-refractivity contribution in [2.75, 3.05) is 13.2 Å². The number of benzene rings is 1. The van der Waals surface area contributed by atoms with Gasteiger partial charge in [0.25, 0.3) is 0 Å². The van der Waals surface area contributed by atoms with Crippen molar-refractivity contribution < 1.29 is 14.3 Å². The molecule has 0 N–H and O–H groups in total. The molecule has 1 aromatic rings. The number of cyclic esters (lactones) is 1. The molecular weight excluding hydrogens is 242 g/mol. The number of ether oxygens (including phenoxy) is 2. The lowest BCUT2D eigenvalue weighted by Crippen LogP contribution is -2.24. The summed E-state index contributed by atoms with van der Waals surface area (Å²) in [5.74, 6) is 0.403. The molecule has 4 nitrogen and oxygen atoms in total. The van der Waals surface area contributed by atoms with Crippen molar-refractivity contribution in [3.05, 3.63) is 41.6 Å². The van der Waals surface area contributed by atoms with Crippen molar-refractivity contribution in [3.63, 3.8) is 0 Å². The van der Waals surface area contributed by atoms with Gasteiger partial charge in [-0.3, -0.25) is 0 Å². The standard InChI is InChI=1S/C15H15NO3/c17-15-13(10-11-4-2-1-3-5-11)16-14(19-15)12-6-8-18-9-7-12/h1-5,10,12H,6-9H2/b13-10+. The van der Waals surface area contributed by atoms with Crippen LogP contribution in [-0.4, -0.2) is 25.1 Å². The summed E-state index contributed by atoms with van der Waals surface area (Å²) in [6.45, 7) is 1.41. The maximum absolute atomic E-state index is 11.8. The Labute approximate surface area is 111 Å². The zero-order valence-electron chi connectivity index (χ0n) is 10.5. The summed E-state index contributed by atoms with van der Waals surface area (Å²) < 4.78 is 10.6. The van der Waals surface area contributed by atoms with Crippen LogP contribution in [0.2, 0.25) is 0 Å². The number of carbonyl (C=O) groups is 1. The van der Waals surface area contributed by atoms with Crippen LogP contribution in [0.3, 0.4) is 0 Å². The smallest absolute Gasteiger partial charge is 0.363 e. The van der Waals surface area contributed by atoms with Crippen LogP contribution >= 0.6 is 0 Å². The van der Waals surface area contributed by atoms with E-state index in [-0.39, 0.29) is 11.9 Å². The summed E-state index contributed by atoms with van der Waals surface area (Å²) in [5.41, 5.74) is 1.33. The van der Waals surface area contributed by atoms with Crippen LogP contribution in [0.15, 0.2) is 41.0 Å². The van der Waals surface area contributed by atoms with Gasteiger partial charge in [0.05, 0.1) is 0 Å². The van der Waals surface area contributed by atoms with Crippen molar-refractivity contribution >= 4 is 17.9 Å². The van der Waals surface area contributed by atoms with Crippen LogP contribution in [-0.2, 0) is 14.3 Å². The van der Waals surface area contributed by atoms with E-state index in [0.29, 0.717) is 24.8 Å². The summed E-state index contributed by atoms with van der Waals surface area (Å²) in [6.07, 6.45) is 3.49. The van der Waals surface area contributed by atoms with Crippen molar-refractivity contribution in [2.24, 2.45) is 10.9 Å². The fourth-order valence-electron chi connectivity index (χ4n) is 2.25. The highest BCUT2D eigenvalue weighted by Crippen LogP contribution is 2.24. The summed E-state index contributed by atoms with van der Waals surface area (Å²) in [6, 6.07) is 9.65. The summed E-state index contributed by atoms with van der Waals surface area (Å²) in [4.78, 5) is 16.1. The first kappa shape index (κ1) is 12.1. The van der Waals surface area contributed by atoms with E-state index in [0.717, 1.165) is 18.4 Å². The van der Waals surface area contributed by atoms with Gasteiger partial charge in [0.15, 0.2) is 5.70 Å². The molecule has 1 aromatic carbocycles. The van der Waals surface area contributed by atoms with Crippen LogP contribution in [0.5, 0.6) is 0 Å². The van der Waals surface area contributed by atoms with E-state index in [1.54, 1.807) is 6.08 Å². The number of aliphatic imine (C=N–C) groups is 1. The second-order valence-electron chi connectivity index (χ2n) is 4.67. The number of nitrogens with zero attached hydrogens (tertiary/aromatic N) is 1. The minimum Gasteiger partial charge on any atom is -0.406 e. The number of hydrogen-bond donors (Lipinski definition) is 0. The number of rotatable bonds is 2. The van der Waals surface area contributed by atoms with Crippen LogP contribution in [0.1, 0.15) is 18.4 Å². The van der Waals surface area contributed by atoms with E-state index in [2.05, 4.69) is 4.99 Å². The quantitative estimate of drug-likeness (QED) is 0.604. The normalized spacial score (nSPS) is 22.4. The Morgan fingerprint density at radius 3 is 2.63 bits per heavy atom. The lowest BCUT2D eigenvalue weighted by Gasteiger charge is -2.20. The molecule has 0 unspecified atom stereocenters. The maximum atomic E-state index is 11.8. The lowest BCUT2D eigenvalue weighted by molar-refractivity contribution is -0.130. The molecule has 2 heterocycles. The maximum Gasteiger partial charge on any atom is 0.363 e. The van der Waals surface area contributed by atoms with E-state index in [1.165, 1.54) is 0 Å². The van der Waals surface area contributed by atoms with Crippen molar-refractivity contribution in [2.45, 2.75) is 12.8 Å². The minimum atomic E-state index is -0.356. The molecule has 0 aromatic heterocycles. The van der Waals surface area contributed by atoms with Gasteiger partial charge < -0.3 is 9.47 Å². The van der Waals surface area contributed by atoms with Crippen LogP contribution in [0.4, 0.5) is 0 Å². The second kappa shape index (κ2) is 5.36. The van der Waals surface area contributed by atoms with E-state index in [1.807, 2.05) is 30.3 Å². The molecular formula is C15H15NO3.